The average Bonchev–Trinajstić information content (AvgIpc) is 3.70. The number of aryl methyl sites for hydroxylation is 2. The Hall–Kier alpha value is -3.23. The standard InChI is InChI=1S/C36H47ClN6O2/c37-30-12-9-26(10-13-30)21-33(41-34(44)14-11-27-5-1-2-6-29(27)23-38)35(45)42-19-16-36(17-20-42)22-28(15-18-43-25-39-24-40-43)31-7-3-4-8-32(31)36/h1-2,5-6,9-10,12-13,24-25,28,31-33H,3-4,7-8,11,14-23,38H2,(H,41,44). The van der Waals surface area contributed by atoms with E-state index in [1.54, 1.807) is 6.33 Å². The van der Waals surface area contributed by atoms with Crippen molar-refractivity contribution in [2.45, 2.75) is 89.8 Å². The van der Waals surface area contributed by atoms with Gasteiger partial charge < -0.3 is 16.0 Å². The third kappa shape index (κ3) is 7.44. The predicted molar refractivity (Wildman–Crippen MR) is 176 cm³/mol. The molecule has 1 saturated heterocycles. The fraction of sp³-hybridized carbons (Fsp3) is 0.556. The second-order valence-electron chi connectivity index (χ2n) is 13.6. The molecule has 1 spiro atoms. The van der Waals surface area contributed by atoms with Crippen molar-refractivity contribution in [3.8, 4) is 0 Å². The van der Waals surface area contributed by atoms with Crippen LogP contribution in [0.4, 0.5) is 0 Å². The molecular weight excluding hydrogens is 584 g/mol. The highest BCUT2D eigenvalue weighted by Crippen LogP contribution is 2.61. The summed E-state index contributed by atoms with van der Waals surface area (Å²) in [6, 6.07) is 14.9. The Labute approximate surface area is 272 Å². The zero-order chi connectivity index (χ0) is 31.2. The van der Waals surface area contributed by atoms with Crippen LogP contribution in [0.1, 0.15) is 74.5 Å². The number of nitrogens with one attached hydrogen (secondary N) is 1. The summed E-state index contributed by atoms with van der Waals surface area (Å²) in [6.45, 7) is 2.89. The van der Waals surface area contributed by atoms with Gasteiger partial charge in [0.15, 0.2) is 0 Å². The largest absolute Gasteiger partial charge is 0.344 e. The molecule has 9 heteroatoms. The number of amides is 2. The molecule has 2 amide bonds. The third-order valence-corrected chi connectivity index (χ3v) is 11.3. The zero-order valence-electron chi connectivity index (χ0n) is 26.3. The van der Waals surface area contributed by atoms with Crippen molar-refractivity contribution in [2.24, 2.45) is 28.9 Å². The summed E-state index contributed by atoms with van der Waals surface area (Å²) in [5.41, 5.74) is 9.34. The molecule has 3 aromatic rings. The third-order valence-electron chi connectivity index (χ3n) is 11.1. The number of hydrogen-bond donors (Lipinski definition) is 2. The molecule has 0 radical (unpaired) electrons. The number of carbonyl (C=O) groups is 2. The van der Waals surface area contributed by atoms with Crippen LogP contribution >= 0.6 is 11.6 Å². The fourth-order valence-electron chi connectivity index (χ4n) is 8.81. The number of likely N-dealkylation sites (tertiary alicyclic amines) is 1. The van der Waals surface area contributed by atoms with E-state index in [1.165, 1.54) is 32.1 Å². The Bertz CT molecular complexity index is 1420. The van der Waals surface area contributed by atoms with Gasteiger partial charge in [-0.2, -0.15) is 5.10 Å². The zero-order valence-corrected chi connectivity index (χ0v) is 27.0. The van der Waals surface area contributed by atoms with E-state index in [2.05, 4.69) is 15.4 Å². The molecule has 2 aromatic carbocycles. The number of piperidine rings is 1. The van der Waals surface area contributed by atoms with E-state index >= 15 is 0 Å². The summed E-state index contributed by atoms with van der Waals surface area (Å²) in [6.07, 6.45) is 14.6. The molecule has 3 aliphatic rings. The van der Waals surface area contributed by atoms with Gasteiger partial charge in [0.05, 0.1) is 0 Å². The van der Waals surface area contributed by atoms with Crippen molar-refractivity contribution in [1.82, 2.24) is 25.0 Å². The maximum Gasteiger partial charge on any atom is 0.245 e. The van der Waals surface area contributed by atoms with Gasteiger partial charge in [0.1, 0.15) is 18.7 Å². The van der Waals surface area contributed by atoms with Crippen LogP contribution in [-0.2, 0) is 35.5 Å². The lowest BCUT2D eigenvalue weighted by molar-refractivity contribution is -0.139. The Balaban J connectivity index is 1.11. The van der Waals surface area contributed by atoms with Crippen LogP contribution in [0.2, 0.25) is 5.02 Å². The number of fused-ring (bicyclic) bond motifs is 2. The van der Waals surface area contributed by atoms with Gasteiger partial charge >= 0.3 is 0 Å². The lowest BCUT2D eigenvalue weighted by atomic mass is 9.65. The number of nitrogens with two attached hydrogens (primary N) is 1. The average molecular weight is 631 g/mol. The molecule has 2 aliphatic carbocycles. The molecule has 4 unspecified atom stereocenters. The van der Waals surface area contributed by atoms with Crippen LogP contribution in [0.3, 0.4) is 0 Å². The van der Waals surface area contributed by atoms with Gasteiger partial charge in [0, 0.05) is 44.0 Å². The molecule has 3 fully saturated rings. The molecule has 1 aliphatic heterocycles. The molecular formula is C36H47ClN6O2. The maximum absolute atomic E-state index is 14.1. The second-order valence-corrected chi connectivity index (χ2v) is 14.0. The van der Waals surface area contributed by atoms with Crippen LogP contribution < -0.4 is 11.1 Å². The van der Waals surface area contributed by atoms with Gasteiger partial charge in [0.25, 0.3) is 0 Å². The Kier molecular flexibility index (Phi) is 10.2. The maximum atomic E-state index is 14.1. The number of halogens is 1. The van der Waals surface area contributed by atoms with Crippen LogP contribution in [-0.4, -0.2) is 50.6 Å². The second kappa shape index (κ2) is 14.5. The van der Waals surface area contributed by atoms with E-state index in [4.69, 9.17) is 17.3 Å². The summed E-state index contributed by atoms with van der Waals surface area (Å²) in [4.78, 5) is 33.5. The molecule has 240 valence electrons. The lowest BCUT2D eigenvalue weighted by Crippen LogP contribution is -2.53. The van der Waals surface area contributed by atoms with Crippen LogP contribution in [0, 0.1) is 23.2 Å². The number of aromatic nitrogens is 3. The van der Waals surface area contributed by atoms with E-state index in [0.717, 1.165) is 67.4 Å². The predicted octanol–water partition coefficient (Wildman–Crippen LogP) is 5.58. The molecule has 2 heterocycles. The Morgan fingerprint density at radius 3 is 2.53 bits per heavy atom. The highest BCUT2D eigenvalue weighted by atomic mass is 35.5. The van der Waals surface area contributed by atoms with Crippen LogP contribution in [0.5, 0.6) is 0 Å². The molecule has 0 bridgehead atoms. The van der Waals surface area contributed by atoms with Crippen molar-refractivity contribution in [1.29, 1.82) is 0 Å². The highest BCUT2D eigenvalue weighted by molar-refractivity contribution is 6.30. The van der Waals surface area contributed by atoms with Gasteiger partial charge in [-0.3, -0.25) is 14.3 Å². The van der Waals surface area contributed by atoms with Gasteiger partial charge in [0.2, 0.25) is 11.8 Å². The summed E-state index contributed by atoms with van der Waals surface area (Å²) in [5, 5.41) is 8.12. The highest BCUT2D eigenvalue weighted by Gasteiger charge is 2.54. The smallest absolute Gasteiger partial charge is 0.245 e. The Morgan fingerprint density at radius 1 is 1.04 bits per heavy atom. The first-order valence-electron chi connectivity index (χ1n) is 16.9. The molecule has 45 heavy (non-hydrogen) atoms. The molecule has 3 N–H and O–H groups in total. The van der Waals surface area contributed by atoms with E-state index < -0.39 is 6.04 Å². The minimum Gasteiger partial charge on any atom is -0.344 e. The summed E-state index contributed by atoms with van der Waals surface area (Å²) in [7, 11) is 0. The monoisotopic (exact) mass is 630 g/mol. The number of carbonyl (C=O) groups excluding carboxylic acids is 2. The van der Waals surface area contributed by atoms with Gasteiger partial charge in [-0.15, -0.1) is 0 Å². The van der Waals surface area contributed by atoms with Crippen molar-refractivity contribution < 1.29 is 9.59 Å². The van der Waals surface area contributed by atoms with Crippen molar-refractivity contribution >= 4 is 23.4 Å². The van der Waals surface area contributed by atoms with E-state index in [9.17, 15) is 9.59 Å². The normalized spacial score (nSPS) is 23.1. The Morgan fingerprint density at radius 2 is 1.80 bits per heavy atom. The summed E-state index contributed by atoms with van der Waals surface area (Å²) >= 11 is 6.14. The number of rotatable bonds is 11. The number of nitrogens with zero attached hydrogens (tertiary/aromatic N) is 4. The fourth-order valence-corrected chi connectivity index (χ4v) is 8.94. The van der Waals surface area contributed by atoms with Crippen molar-refractivity contribution in [3.05, 3.63) is 82.9 Å². The number of benzene rings is 2. The summed E-state index contributed by atoms with van der Waals surface area (Å²) < 4.78 is 1.97. The molecule has 4 atom stereocenters. The molecule has 8 nitrogen and oxygen atoms in total. The SMILES string of the molecule is NCc1ccccc1CCC(=O)NC(Cc1ccc(Cl)cc1)C(=O)N1CCC2(CC1)CC(CCn1cncn1)C1CCCCC12. The van der Waals surface area contributed by atoms with Crippen LogP contribution in [0.25, 0.3) is 0 Å². The van der Waals surface area contributed by atoms with E-state index in [1.807, 2.05) is 64.4 Å². The van der Waals surface area contributed by atoms with Gasteiger partial charge in [-0.05, 0) is 96.9 Å². The van der Waals surface area contributed by atoms with Crippen molar-refractivity contribution in [3.63, 3.8) is 0 Å². The molecule has 6 rings (SSSR count). The van der Waals surface area contributed by atoms with Crippen LogP contribution in [0.15, 0.2) is 61.2 Å². The van der Waals surface area contributed by atoms with Gasteiger partial charge in [-0.25, -0.2) is 4.98 Å². The first kappa shape index (κ1) is 31.7. The number of hydrogen-bond acceptors (Lipinski definition) is 5. The van der Waals surface area contributed by atoms with Crippen molar-refractivity contribution in [2.75, 3.05) is 13.1 Å². The molecule has 1 aromatic heterocycles. The minimum atomic E-state index is -0.612. The first-order valence-corrected chi connectivity index (χ1v) is 17.2. The topological polar surface area (TPSA) is 106 Å². The first-order chi connectivity index (χ1) is 21.9. The van der Waals surface area contributed by atoms with Gasteiger partial charge in [-0.1, -0.05) is 60.8 Å². The molecule has 2 saturated carbocycles. The quantitative estimate of drug-likeness (QED) is 0.288. The van der Waals surface area contributed by atoms with E-state index in [-0.39, 0.29) is 11.8 Å². The lowest BCUT2D eigenvalue weighted by Gasteiger charge is -2.46. The summed E-state index contributed by atoms with van der Waals surface area (Å²) in [5.74, 6) is 2.16. The van der Waals surface area contributed by atoms with E-state index in [0.29, 0.717) is 42.2 Å². The minimum absolute atomic E-state index is 0.0245.